The van der Waals surface area contributed by atoms with Crippen LogP contribution in [0, 0.1) is 0 Å². The molecule has 3 rings (SSSR count). The average molecular weight is 641 g/mol. The highest BCUT2D eigenvalue weighted by atomic mass is 32.2. The van der Waals surface area contributed by atoms with Crippen LogP contribution in [0.2, 0.25) is 0 Å². The summed E-state index contributed by atoms with van der Waals surface area (Å²) in [5.74, 6) is 0.719. The number of hydrogen-bond acceptors (Lipinski definition) is 4. The standard InChI is InChI=1S/C36H52N2O4S2/c1-21(2)27-17-29(23(5)6)35(30(18-27)24(7)8)37-43(39,40)33-15-13-14-16-34(33)44(41,42)38-36-31(25(9)10)19-28(22(3)4)20-32(36)26(11)12/h13-26,37-38H,1-12H3. The van der Waals surface area contributed by atoms with Crippen molar-refractivity contribution in [2.75, 3.05) is 9.44 Å². The fourth-order valence-electron chi connectivity index (χ4n) is 5.42. The second-order valence-corrected chi connectivity index (χ2v) is 17.0. The molecule has 0 spiro atoms. The van der Waals surface area contributed by atoms with Gasteiger partial charge in [-0.3, -0.25) is 9.44 Å². The zero-order chi connectivity index (χ0) is 33.3. The van der Waals surface area contributed by atoms with Gasteiger partial charge in [-0.2, -0.15) is 0 Å². The third-order valence-corrected chi connectivity index (χ3v) is 11.1. The van der Waals surface area contributed by atoms with Crippen LogP contribution in [-0.2, 0) is 20.0 Å². The van der Waals surface area contributed by atoms with Gasteiger partial charge in [-0.05, 0) is 81.0 Å². The van der Waals surface area contributed by atoms with Crippen LogP contribution in [0.3, 0.4) is 0 Å². The summed E-state index contributed by atoms with van der Waals surface area (Å²) in [5.41, 5.74) is 6.85. The molecular formula is C36H52N2O4S2. The Kier molecular flexibility index (Phi) is 11.1. The predicted molar refractivity (Wildman–Crippen MR) is 185 cm³/mol. The number of sulfonamides is 2. The highest BCUT2D eigenvalue weighted by Gasteiger charge is 2.30. The van der Waals surface area contributed by atoms with Crippen molar-refractivity contribution in [1.82, 2.24) is 0 Å². The van der Waals surface area contributed by atoms with Gasteiger partial charge < -0.3 is 0 Å². The topological polar surface area (TPSA) is 92.3 Å². The molecule has 8 heteroatoms. The molecule has 3 aromatic rings. The number of hydrogen-bond donors (Lipinski definition) is 2. The van der Waals surface area contributed by atoms with E-state index < -0.39 is 20.0 Å². The largest absolute Gasteiger partial charge is 0.279 e. The third kappa shape index (κ3) is 7.68. The van der Waals surface area contributed by atoms with Crippen molar-refractivity contribution in [3.8, 4) is 0 Å². The van der Waals surface area contributed by atoms with Crippen molar-refractivity contribution in [2.24, 2.45) is 0 Å². The first kappa shape index (κ1) is 35.6. The Morgan fingerprint density at radius 3 is 0.886 bits per heavy atom. The van der Waals surface area contributed by atoms with Crippen LogP contribution in [0.15, 0.2) is 58.3 Å². The molecule has 0 aliphatic carbocycles. The van der Waals surface area contributed by atoms with Gasteiger partial charge in [0.05, 0.1) is 11.4 Å². The van der Waals surface area contributed by atoms with E-state index in [9.17, 15) is 16.8 Å². The van der Waals surface area contributed by atoms with Gasteiger partial charge in [-0.15, -0.1) is 0 Å². The smallest absolute Gasteiger partial charge is 0.263 e. The Hall–Kier alpha value is -2.84. The molecule has 0 aromatic heterocycles. The number of rotatable bonds is 12. The van der Waals surface area contributed by atoms with Gasteiger partial charge in [0.1, 0.15) is 9.79 Å². The Bertz CT molecular complexity index is 1520. The van der Waals surface area contributed by atoms with Crippen molar-refractivity contribution in [3.63, 3.8) is 0 Å². The highest BCUT2D eigenvalue weighted by molar-refractivity contribution is 7.95. The lowest BCUT2D eigenvalue weighted by molar-refractivity contribution is 0.588. The second-order valence-electron chi connectivity index (χ2n) is 13.7. The molecule has 0 atom stereocenters. The van der Waals surface area contributed by atoms with Gasteiger partial charge >= 0.3 is 0 Å². The van der Waals surface area contributed by atoms with Gasteiger partial charge in [-0.1, -0.05) is 119 Å². The molecule has 0 saturated heterocycles. The maximum atomic E-state index is 14.2. The van der Waals surface area contributed by atoms with E-state index in [1.54, 1.807) is 12.1 Å². The van der Waals surface area contributed by atoms with E-state index >= 15 is 0 Å². The van der Waals surface area contributed by atoms with Crippen molar-refractivity contribution in [3.05, 3.63) is 81.9 Å². The van der Waals surface area contributed by atoms with E-state index in [1.807, 2.05) is 55.4 Å². The molecule has 0 radical (unpaired) electrons. The lowest BCUT2D eigenvalue weighted by atomic mass is 9.88. The van der Waals surface area contributed by atoms with Crippen LogP contribution in [0.25, 0.3) is 0 Å². The second kappa shape index (κ2) is 13.7. The lowest BCUT2D eigenvalue weighted by Crippen LogP contribution is -2.23. The number of benzene rings is 3. The first-order chi connectivity index (χ1) is 20.3. The van der Waals surface area contributed by atoms with Crippen LogP contribution >= 0.6 is 0 Å². The van der Waals surface area contributed by atoms with Crippen molar-refractivity contribution >= 4 is 31.4 Å². The summed E-state index contributed by atoms with van der Waals surface area (Å²) in [6.07, 6.45) is 0. The maximum Gasteiger partial charge on any atom is 0.263 e. The molecule has 3 aromatic carbocycles. The number of nitrogens with one attached hydrogen (secondary N) is 2. The molecule has 0 saturated carbocycles. The first-order valence-corrected chi connectivity index (χ1v) is 18.7. The molecule has 0 unspecified atom stereocenters. The van der Waals surface area contributed by atoms with Gasteiger partial charge in [0.15, 0.2) is 0 Å². The molecule has 0 fully saturated rings. The summed E-state index contributed by atoms with van der Waals surface area (Å²) in [4.78, 5) is -0.582. The fraction of sp³-hybridized carbons (Fsp3) is 0.500. The SMILES string of the molecule is CC(C)c1cc(C(C)C)c(NS(=O)(=O)c2ccccc2S(=O)(=O)Nc2c(C(C)C)cc(C(C)C)cc2C(C)C)c(C(C)C)c1. The minimum Gasteiger partial charge on any atom is -0.279 e. The summed E-state index contributed by atoms with van der Waals surface area (Å²) in [5, 5.41) is 0. The van der Waals surface area contributed by atoms with Gasteiger partial charge in [0.2, 0.25) is 0 Å². The van der Waals surface area contributed by atoms with E-state index in [-0.39, 0.29) is 45.3 Å². The number of anilines is 2. The third-order valence-electron chi connectivity index (χ3n) is 8.17. The van der Waals surface area contributed by atoms with E-state index in [0.29, 0.717) is 11.4 Å². The zero-order valence-corrected chi connectivity index (χ0v) is 30.2. The van der Waals surface area contributed by atoms with E-state index in [0.717, 1.165) is 33.4 Å². The van der Waals surface area contributed by atoms with Gasteiger partial charge in [-0.25, -0.2) is 16.8 Å². The fourth-order valence-corrected chi connectivity index (χ4v) is 8.49. The summed E-state index contributed by atoms with van der Waals surface area (Å²) in [7, 11) is -8.61. The van der Waals surface area contributed by atoms with Crippen molar-refractivity contribution in [2.45, 2.75) is 128 Å². The van der Waals surface area contributed by atoms with Crippen LogP contribution in [0.5, 0.6) is 0 Å². The molecule has 0 aliphatic rings. The molecule has 0 heterocycles. The molecule has 242 valence electrons. The highest BCUT2D eigenvalue weighted by Crippen LogP contribution is 2.40. The van der Waals surface area contributed by atoms with E-state index in [2.05, 4.69) is 61.4 Å². The Labute approximate surface area is 267 Å². The Morgan fingerprint density at radius 1 is 0.432 bits per heavy atom. The first-order valence-electron chi connectivity index (χ1n) is 15.8. The lowest BCUT2D eigenvalue weighted by Gasteiger charge is -2.25. The summed E-state index contributed by atoms with van der Waals surface area (Å²) in [6.45, 7) is 24.7. The summed E-state index contributed by atoms with van der Waals surface area (Å²) < 4.78 is 62.3. The molecular weight excluding hydrogens is 589 g/mol. The van der Waals surface area contributed by atoms with Crippen LogP contribution in [0.4, 0.5) is 11.4 Å². The monoisotopic (exact) mass is 640 g/mol. The molecule has 0 amide bonds. The summed E-state index contributed by atoms with van der Waals surface area (Å²) >= 11 is 0. The maximum absolute atomic E-state index is 14.2. The average Bonchev–Trinajstić information content (AvgIpc) is 2.91. The zero-order valence-electron chi connectivity index (χ0n) is 28.5. The Balaban J connectivity index is 2.21. The predicted octanol–water partition coefficient (Wildman–Crippen LogP) is 10.0. The Morgan fingerprint density at radius 2 is 0.682 bits per heavy atom. The minimum atomic E-state index is -4.30. The van der Waals surface area contributed by atoms with E-state index in [1.165, 1.54) is 12.1 Å². The quantitative estimate of drug-likeness (QED) is 0.206. The van der Waals surface area contributed by atoms with Gasteiger partial charge in [0, 0.05) is 0 Å². The normalized spacial score (nSPS) is 12.8. The molecule has 44 heavy (non-hydrogen) atoms. The molecule has 0 bridgehead atoms. The van der Waals surface area contributed by atoms with Gasteiger partial charge in [0.25, 0.3) is 20.0 Å². The van der Waals surface area contributed by atoms with Crippen LogP contribution in [0.1, 0.15) is 152 Å². The van der Waals surface area contributed by atoms with Crippen molar-refractivity contribution in [1.29, 1.82) is 0 Å². The molecule has 6 nitrogen and oxygen atoms in total. The minimum absolute atomic E-state index is 0.0438. The van der Waals surface area contributed by atoms with Crippen LogP contribution < -0.4 is 9.44 Å². The summed E-state index contributed by atoms with van der Waals surface area (Å²) in [6, 6.07) is 14.1. The van der Waals surface area contributed by atoms with Crippen molar-refractivity contribution < 1.29 is 16.8 Å². The van der Waals surface area contributed by atoms with Crippen LogP contribution in [-0.4, -0.2) is 16.8 Å². The molecule has 2 N–H and O–H groups in total. The van der Waals surface area contributed by atoms with E-state index in [4.69, 9.17) is 0 Å². The molecule has 0 aliphatic heterocycles.